The number of rotatable bonds is 7. The normalized spacial score (nSPS) is 9.23. The maximum atomic E-state index is 5.38. The number of hydrogen-bond acceptors (Lipinski definition) is 1. The van der Waals surface area contributed by atoms with Crippen molar-refractivity contribution in [3.05, 3.63) is 0 Å². The molecule has 0 bridgehead atoms. The molecule has 0 atom stereocenters. The molecule has 0 aliphatic rings. The largest absolute Gasteiger partial charge is 0.381 e. The van der Waals surface area contributed by atoms with Crippen LogP contribution in [0.4, 0.5) is 0 Å². The van der Waals surface area contributed by atoms with E-state index in [9.17, 15) is 0 Å². The molecule has 0 saturated heterocycles. The monoisotopic (exact) mass is 188 g/mol. The Balaban J connectivity index is 0. The van der Waals surface area contributed by atoms with Crippen LogP contribution in [0.2, 0.25) is 0 Å². The summed E-state index contributed by atoms with van der Waals surface area (Å²) in [4.78, 5) is 0. The zero-order valence-corrected chi connectivity index (χ0v) is 10.1. The second kappa shape index (κ2) is 17.9. The lowest BCUT2D eigenvalue weighted by Crippen LogP contribution is -1.95. The Bertz CT molecular complexity index is 54.1. The van der Waals surface area contributed by atoms with Gasteiger partial charge >= 0.3 is 0 Å². The molecule has 0 rings (SSSR count). The summed E-state index contributed by atoms with van der Waals surface area (Å²) >= 11 is 0. The van der Waals surface area contributed by atoms with Crippen LogP contribution in [0.25, 0.3) is 0 Å². The first-order chi connectivity index (χ1) is 6.33. The van der Waals surface area contributed by atoms with Crippen LogP contribution < -0.4 is 0 Å². The highest BCUT2D eigenvalue weighted by Crippen LogP contribution is 1.95. The van der Waals surface area contributed by atoms with Gasteiger partial charge in [0.1, 0.15) is 0 Å². The molecular weight excluding hydrogens is 160 g/mol. The first-order valence-corrected chi connectivity index (χ1v) is 5.91. The van der Waals surface area contributed by atoms with Crippen LogP contribution in [-0.2, 0) is 4.74 Å². The van der Waals surface area contributed by atoms with Crippen LogP contribution in [0.5, 0.6) is 0 Å². The lowest BCUT2D eigenvalue weighted by atomic mass is 10.3. The standard InChI is InChI=1S/C9H20O.C3H8/c1-3-5-7-9-10-8-6-4-2;1-3-2/h3-9H2,1-2H3;3H2,1-2H3. The average molecular weight is 188 g/mol. The van der Waals surface area contributed by atoms with Gasteiger partial charge in [0.25, 0.3) is 0 Å². The molecule has 0 aliphatic heterocycles. The van der Waals surface area contributed by atoms with Gasteiger partial charge in [0.15, 0.2) is 0 Å². The molecule has 1 heteroatoms. The van der Waals surface area contributed by atoms with E-state index >= 15 is 0 Å². The van der Waals surface area contributed by atoms with Gasteiger partial charge < -0.3 is 4.74 Å². The minimum atomic E-state index is 0.959. The third-order valence-electron chi connectivity index (χ3n) is 1.53. The minimum absolute atomic E-state index is 0.959. The van der Waals surface area contributed by atoms with Crippen molar-refractivity contribution in [3.8, 4) is 0 Å². The molecule has 0 aromatic rings. The molecule has 0 fully saturated rings. The summed E-state index contributed by atoms with van der Waals surface area (Å²) < 4.78 is 5.38. The number of ether oxygens (including phenoxy) is 1. The zero-order valence-electron chi connectivity index (χ0n) is 10.1. The fourth-order valence-corrected chi connectivity index (χ4v) is 0.803. The van der Waals surface area contributed by atoms with Crippen molar-refractivity contribution in [3.63, 3.8) is 0 Å². The van der Waals surface area contributed by atoms with Crippen LogP contribution in [0.1, 0.15) is 66.2 Å². The van der Waals surface area contributed by atoms with Crippen molar-refractivity contribution in [1.82, 2.24) is 0 Å². The summed E-state index contributed by atoms with van der Waals surface area (Å²) in [7, 11) is 0. The second-order valence-electron chi connectivity index (χ2n) is 3.38. The van der Waals surface area contributed by atoms with Crippen LogP contribution in [0.15, 0.2) is 0 Å². The van der Waals surface area contributed by atoms with E-state index in [0.29, 0.717) is 0 Å². The van der Waals surface area contributed by atoms with Crippen molar-refractivity contribution in [2.75, 3.05) is 13.2 Å². The Morgan fingerprint density at radius 1 is 0.692 bits per heavy atom. The maximum Gasteiger partial charge on any atom is 0.0466 e. The molecule has 0 aliphatic carbocycles. The molecule has 0 spiro atoms. The fraction of sp³-hybridized carbons (Fsp3) is 1.00. The molecule has 0 radical (unpaired) electrons. The molecule has 0 saturated carbocycles. The van der Waals surface area contributed by atoms with E-state index in [1.54, 1.807) is 0 Å². The van der Waals surface area contributed by atoms with Gasteiger partial charge in [-0.15, -0.1) is 0 Å². The van der Waals surface area contributed by atoms with E-state index < -0.39 is 0 Å². The van der Waals surface area contributed by atoms with Gasteiger partial charge in [0.05, 0.1) is 0 Å². The zero-order chi connectivity index (χ0) is 10.4. The highest BCUT2D eigenvalue weighted by molar-refractivity contribution is 4.36. The number of hydrogen-bond donors (Lipinski definition) is 0. The summed E-state index contributed by atoms with van der Waals surface area (Å²) in [6, 6.07) is 0. The molecule has 0 unspecified atom stereocenters. The van der Waals surface area contributed by atoms with Crippen molar-refractivity contribution in [2.24, 2.45) is 0 Å². The fourth-order valence-electron chi connectivity index (χ4n) is 0.803. The van der Waals surface area contributed by atoms with Crippen LogP contribution >= 0.6 is 0 Å². The molecule has 82 valence electrons. The first-order valence-electron chi connectivity index (χ1n) is 5.91. The first kappa shape index (κ1) is 15.4. The van der Waals surface area contributed by atoms with Gasteiger partial charge in [-0.3, -0.25) is 0 Å². The molecule has 0 aromatic heterocycles. The van der Waals surface area contributed by atoms with Gasteiger partial charge in [-0.05, 0) is 12.8 Å². The van der Waals surface area contributed by atoms with Crippen LogP contribution in [0.3, 0.4) is 0 Å². The molecule has 1 nitrogen and oxygen atoms in total. The number of unbranched alkanes of at least 4 members (excludes halogenated alkanes) is 3. The van der Waals surface area contributed by atoms with Gasteiger partial charge in [0, 0.05) is 13.2 Å². The SMILES string of the molecule is CCC.CCCCCOCCCC. The van der Waals surface area contributed by atoms with Crippen molar-refractivity contribution in [1.29, 1.82) is 0 Å². The summed E-state index contributed by atoms with van der Waals surface area (Å²) in [6.07, 6.45) is 7.55. The highest BCUT2D eigenvalue weighted by atomic mass is 16.5. The van der Waals surface area contributed by atoms with Gasteiger partial charge in [-0.25, -0.2) is 0 Å². The third-order valence-corrected chi connectivity index (χ3v) is 1.53. The molecule has 0 aromatic carbocycles. The Morgan fingerprint density at radius 3 is 1.62 bits per heavy atom. The molecule has 0 heterocycles. The van der Waals surface area contributed by atoms with Crippen molar-refractivity contribution < 1.29 is 4.74 Å². The van der Waals surface area contributed by atoms with Crippen molar-refractivity contribution in [2.45, 2.75) is 66.2 Å². The van der Waals surface area contributed by atoms with Gasteiger partial charge in [-0.1, -0.05) is 53.4 Å². The summed E-state index contributed by atoms with van der Waals surface area (Å²) in [5.41, 5.74) is 0. The quantitative estimate of drug-likeness (QED) is 0.538. The van der Waals surface area contributed by atoms with Crippen LogP contribution in [-0.4, -0.2) is 13.2 Å². The Morgan fingerprint density at radius 2 is 1.15 bits per heavy atom. The summed E-state index contributed by atoms with van der Waals surface area (Å²) in [6.45, 7) is 10.6. The molecule has 0 amide bonds. The Kier molecular flexibility index (Phi) is 21.2. The van der Waals surface area contributed by atoms with Crippen LogP contribution in [0, 0.1) is 0 Å². The predicted octanol–water partition coefficient (Wildman–Crippen LogP) is 4.41. The lowest BCUT2D eigenvalue weighted by Gasteiger charge is -2.00. The second-order valence-corrected chi connectivity index (χ2v) is 3.38. The maximum absolute atomic E-state index is 5.38. The summed E-state index contributed by atoms with van der Waals surface area (Å²) in [5.74, 6) is 0. The topological polar surface area (TPSA) is 9.23 Å². The van der Waals surface area contributed by atoms with E-state index in [1.165, 1.54) is 38.5 Å². The van der Waals surface area contributed by atoms with Gasteiger partial charge in [0.2, 0.25) is 0 Å². The van der Waals surface area contributed by atoms with E-state index in [4.69, 9.17) is 4.74 Å². The third kappa shape index (κ3) is 24.5. The Labute approximate surface area is 84.9 Å². The van der Waals surface area contributed by atoms with E-state index in [-0.39, 0.29) is 0 Å². The highest BCUT2D eigenvalue weighted by Gasteiger charge is 1.86. The Hall–Kier alpha value is -0.0400. The molecular formula is C12H28O. The smallest absolute Gasteiger partial charge is 0.0466 e. The average Bonchev–Trinajstić information content (AvgIpc) is 2.13. The van der Waals surface area contributed by atoms with Crippen molar-refractivity contribution >= 4 is 0 Å². The van der Waals surface area contributed by atoms with E-state index in [0.717, 1.165) is 13.2 Å². The lowest BCUT2D eigenvalue weighted by molar-refractivity contribution is 0.127. The van der Waals surface area contributed by atoms with Gasteiger partial charge in [-0.2, -0.15) is 0 Å². The van der Waals surface area contributed by atoms with E-state index in [1.807, 2.05) is 0 Å². The molecule has 0 N–H and O–H groups in total. The van der Waals surface area contributed by atoms with E-state index in [2.05, 4.69) is 27.7 Å². The summed E-state index contributed by atoms with van der Waals surface area (Å²) in [5, 5.41) is 0. The molecule has 13 heavy (non-hydrogen) atoms. The minimum Gasteiger partial charge on any atom is -0.381 e. The predicted molar refractivity (Wildman–Crippen MR) is 61.2 cm³/mol.